The van der Waals surface area contributed by atoms with Gasteiger partial charge in [-0.15, -0.1) is 11.3 Å². The molecule has 0 bridgehead atoms. The van der Waals surface area contributed by atoms with E-state index in [1.54, 1.807) is 36.4 Å². The molecular formula is C26H21NO7S. The van der Waals surface area contributed by atoms with E-state index >= 15 is 0 Å². The second-order valence-corrected chi connectivity index (χ2v) is 8.62. The molecule has 0 saturated heterocycles. The van der Waals surface area contributed by atoms with Gasteiger partial charge < -0.3 is 29.0 Å². The fourth-order valence-corrected chi connectivity index (χ4v) is 5.03. The Morgan fingerprint density at radius 3 is 2.34 bits per heavy atom. The molecule has 8 nitrogen and oxygen atoms in total. The van der Waals surface area contributed by atoms with Crippen molar-refractivity contribution in [2.75, 3.05) is 33.4 Å². The standard InChI is InChI=1S/C26H21NO7S/c1-30-19-11-15(12-20(31-2)24(19)32-3)25(29)27-26-22(14-8-9-17-18(10-14)34-13-33-17)23(28)16-6-4-5-7-21(16)35-26/h4-12H,13H2,1-3H3,(H,27,29). The molecule has 0 spiro atoms. The Kier molecular flexibility index (Phi) is 5.92. The topological polar surface area (TPSA) is 92.3 Å². The maximum atomic E-state index is 13.6. The summed E-state index contributed by atoms with van der Waals surface area (Å²) in [6.45, 7) is 0.119. The molecule has 0 atom stereocenters. The van der Waals surface area contributed by atoms with E-state index in [2.05, 4.69) is 5.32 Å². The van der Waals surface area contributed by atoms with Gasteiger partial charge >= 0.3 is 0 Å². The van der Waals surface area contributed by atoms with Crippen molar-refractivity contribution in [3.63, 3.8) is 0 Å². The maximum Gasteiger partial charge on any atom is 0.256 e. The number of amides is 1. The number of ether oxygens (including phenoxy) is 5. The number of methoxy groups -OCH3 is 3. The van der Waals surface area contributed by atoms with Gasteiger partial charge in [0.2, 0.25) is 12.5 Å². The summed E-state index contributed by atoms with van der Waals surface area (Å²) in [4.78, 5) is 26.9. The van der Waals surface area contributed by atoms with Crippen molar-refractivity contribution in [3.8, 4) is 39.9 Å². The molecular weight excluding hydrogens is 470 g/mol. The number of nitrogens with one attached hydrogen (secondary N) is 1. The molecule has 35 heavy (non-hydrogen) atoms. The summed E-state index contributed by atoms with van der Waals surface area (Å²) in [6, 6.07) is 15.7. The molecule has 3 aromatic carbocycles. The highest BCUT2D eigenvalue weighted by Gasteiger charge is 2.22. The van der Waals surface area contributed by atoms with Gasteiger partial charge in [-0.1, -0.05) is 18.2 Å². The van der Waals surface area contributed by atoms with Crippen LogP contribution in [0.3, 0.4) is 0 Å². The maximum absolute atomic E-state index is 13.6. The number of carbonyl (C=O) groups excluding carboxylic acids is 1. The number of benzene rings is 3. The minimum atomic E-state index is -0.433. The van der Waals surface area contributed by atoms with Gasteiger partial charge in [-0.3, -0.25) is 9.59 Å². The molecule has 1 N–H and O–H groups in total. The van der Waals surface area contributed by atoms with Crippen molar-refractivity contribution in [1.29, 1.82) is 0 Å². The summed E-state index contributed by atoms with van der Waals surface area (Å²) in [7, 11) is 4.45. The largest absolute Gasteiger partial charge is 0.493 e. The van der Waals surface area contributed by atoms with E-state index < -0.39 is 5.91 Å². The van der Waals surface area contributed by atoms with Crippen LogP contribution in [0.15, 0.2) is 59.4 Å². The lowest BCUT2D eigenvalue weighted by Crippen LogP contribution is -2.16. The molecule has 1 amide bonds. The Morgan fingerprint density at radius 2 is 1.63 bits per heavy atom. The second-order valence-electron chi connectivity index (χ2n) is 7.57. The van der Waals surface area contributed by atoms with Crippen molar-refractivity contribution < 1.29 is 28.5 Å². The van der Waals surface area contributed by atoms with E-state index in [0.717, 1.165) is 4.70 Å². The quantitative estimate of drug-likeness (QED) is 0.409. The predicted octanol–water partition coefficient (Wildman–Crippen LogP) is 4.94. The molecule has 178 valence electrons. The fraction of sp³-hybridized carbons (Fsp3) is 0.154. The van der Waals surface area contributed by atoms with Gasteiger partial charge in [0.05, 0.1) is 26.9 Å². The van der Waals surface area contributed by atoms with E-state index in [1.807, 2.05) is 18.2 Å². The van der Waals surface area contributed by atoms with Crippen LogP contribution >= 0.6 is 11.3 Å². The van der Waals surface area contributed by atoms with Gasteiger partial charge in [0.15, 0.2) is 28.4 Å². The molecule has 0 unspecified atom stereocenters. The van der Waals surface area contributed by atoms with Crippen LogP contribution in [-0.2, 0) is 0 Å². The summed E-state index contributed by atoms with van der Waals surface area (Å²) < 4.78 is 27.8. The van der Waals surface area contributed by atoms with Crippen molar-refractivity contribution in [3.05, 3.63) is 70.4 Å². The van der Waals surface area contributed by atoms with Gasteiger partial charge in [0, 0.05) is 15.6 Å². The van der Waals surface area contributed by atoms with Gasteiger partial charge in [0.1, 0.15) is 5.00 Å². The average molecular weight is 492 g/mol. The number of rotatable bonds is 6. The number of fused-ring (bicyclic) bond motifs is 2. The highest BCUT2D eigenvalue weighted by molar-refractivity contribution is 7.22. The van der Waals surface area contributed by atoms with Crippen LogP contribution in [0.1, 0.15) is 10.4 Å². The zero-order valence-corrected chi connectivity index (χ0v) is 20.0. The van der Waals surface area contributed by atoms with E-state index in [9.17, 15) is 9.59 Å². The van der Waals surface area contributed by atoms with Crippen molar-refractivity contribution in [2.24, 2.45) is 0 Å². The Balaban J connectivity index is 1.63. The first-order chi connectivity index (χ1) is 17.0. The summed E-state index contributed by atoms with van der Waals surface area (Å²) >= 11 is 1.32. The highest BCUT2D eigenvalue weighted by atomic mass is 32.1. The lowest BCUT2D eigenvalue weighted by Gasteiger charge is -2.15. The Bertz CT molecular complexity index is 1490. The Hall–Kier alpha value is -4.24. The minimum absolute atomic E-state index is 0.119. The fourth-order valence-electron chi connectivity index (χ4n) is 3.93. The molecule has 1 aliphatic rings. The molecule has 0 saturated carbocycles. The van der Waals surface area contributed by atoms with Crippen LogP contribution in [0.2, 0.25) is 0 Å². The molecule has 1 aliphatic heterocycles. The Morgan fingerprint density at radius 1 is 0.914 bits per heavy atom. The number of hydrogen-bond acceptors (Lipinski definition) is 8. The number of hydrogen-bond donors (Lipinski definition) is 1. The van der Waals surface area contributed by atoms with Crippen LogP contribution in [0.4, 0.5) is 5.00 Å². The SMILES string of the molecule is COc1cc(C(=O)Nc2sc3ccccc3c(=O)c2-c2ccc3c(c2)OCO3)cc(OC)c1OC. The van der Waals surface area contributed by atoms with Crippen molar-refractivity contribution >= 4 is 32.3 Å². The monoisotopic (exact) mass is 491 g/mol. The van der Waals surface area contributed by atoms with E-state index in [4.69, 9.17) is 23.7 Å². The van der Waals surface area contributed by atoms with E-state index in [0.29, 0.717) is 50.3 Å². The summed E-state index contributed by atoms with van der Waals surface area (Å²) in [5.41, 5.74) is 1.07. The molecule has 0 aliphatic carbocycles. The lowest BCUT2D eigenvalue weighted by atomic mass is 10.0. The van der Waals surface area contributed by atoms with Crippen LogP contribution in [0.25, 0.3) is 21.2 Å². The van der Waals surface area contributed by atoms with Gasteiger partial charge in [-0.05, 0) is 42.0 Å². The van der Waals surface area contributed by atoms with E-state index in [1.165, 1.54) is 32.7 Å². The first-order valence-electron chi connectivity index (χ1n) is 10.6. The van der Waals surface area contributed by atoms with E-state index in [-0.39, 0.29) is 17.8 Å². The zero-order chi connectivity index (χ0) is 24.5. The van der Waals surface area contributed by atoms with Crippen LogP contribution < -0.4 is 34.4 Å². The molecule has 0 radical (unpaired) electrons. The Labute approximate surface area is 204 Å². The lowest BCUT2D eigenvalue weighted by molar-refractivity contribution is 0.102. The molecule has 1 aromatic heterocycles. The summed E-state index contributed by atoms with van der Waals surface area (Å²) in [5.74, 6) is 1.79. The molecule has 4 aromatic rings. The van der Waals surface area contributed by atoms with Gasteiger partial charge in [-0.25, -0.2) is 0 Å². The number of anilines is 1. The van der Waals surface area contributed by atoms with Crippen molar-refractivity contribution in [2.45, 2.75) is 0 Å². The summed E-state index contributed by atoms with van der Waals surface area (Å²) in [5, 5.41) is 3.90. The first-order valence-corrected chi connectivity index (χ1v) is 11.4. The third kappa shape index (κ3) is 4.00. The van der Waals surface area contributed by atoms with Crippen LogP contribution in [0, 0.1) is 0 Å². The van der Waals surface area contributed by atoms with Gasteiger partial charge in [-0.2, -0.15) is 0 Å². The normalized spacial score (nSPS) is 11.9. The van der Waals surface area contributed by atoms with Crippen molar-refractivity contribution in [1.82, 2.24) is 0 Å². The predicted molar refractivity (Wildman–Crippen MR) is 134 cm³/mol. The van der Waals surface area contributed by atoms with Crippen LogP contribution in [-0.4, -0.2) is 34.0 Å². The first kappa shape index (κ1) is 22.5. The second kappa shape index (κ2) is 9.19. The molecule has 5 rings (SSSR count). The smallest absolute Gasteiger partial charge is 0.256 e. The molecule has 0 fully saturated rings. The zero-order valence-electron chi connectivity index (χ0n) is 19.2. The third-order valence-corrected chi connectivity index (χ3v) is 6.70. The number of carbonyl (C=O) groups is 1. The van der Waals surface area contributed by atoms with Crippen LogP contribution in [0.5, 0.6) is 28.7 Å². The minimum Gasteiger partial charge on any atom is -0.493 e. The molecule has 2 heterocycles. The average Bonchev–Trinajstić information content (AvgIpc) is 3.36. The van der Waals surface area contributed by atoms with Gasteiger partial charge in [0.25, 0.3) is 5.91 Å². The summed E-state index contributed by atoms with van der Waals surface area (Å²) in [6.07, 6.45) is 0. The highest BCUT2D eigenvalue weighted by Crippen LogP contribution is 2.41. The third-order valence-electron chi connectivity index (χ3n) is 5.61. The molecule has 9 heteroatoms.